The van der Waals surface area contributed by atoms with Gasteiger partial charge in [-0.25, -0.2) is 4.98 Å². The van der Waals surface area contributed by atoms with Gasteiger partial charge < -0.3 is 9.73 Å². The van der Waals surface area contributed by atoms with Crippen molar-refractivity contribution >= 4 is 27.0 Å². The average Bonchev–Trinajstić information content (AvgIpc) is 2.62. The number of nitrogens with zero attached hydrogens (tertiary/aromatic N) is 1. The van der Waals surface area contributed by atoms with Crippen molar-refractivity contribution in [2.75, 3.05) is 7.05 Å². The summed E-state index contributed by atoms with van der Waals surface area (Å²) in [6.45, 7) is 2.83. The molecule has 0 radical (unpaired) electrons. The molecular formula is C12H15BrN2O. The lowest BCUT2D eigenvalue weighted by atomic mass is 10.1. The number of hydrogen-bond acceptors (Lipinski definition) is 3. The number of rotatable bonds is 4. The van der Waals surface area contributed by atoms with E-state index >= 15 is 0 Å². The minimum absolute atomic E-state index is 0.657. The van der Waals surface area contributed by atoms with Gasteiger partial charge in [0.25, 0.3) is 0 Å². The van der Waals surface area contributed by atoms with Gasteiger partial charge in [0.1, 0.15) is 5.52 Å². The van der Waals surface area contributed by atoms with Gasteiger partial charge in [0.15, 0.2) is 5.58 Å². The first-order chi connectivity index (χ1) is 7.74. The molecule has 2 aromatic rings. The molecule has 0 aliphatic rings. The number of nitrogens with one attached hydrogen (secondary N) is 1. The quantitative estimate of drug-likeness (QED) is 0.936. The van der Waals surface area contributed by atoms with E-state index in [2.05, 4.69) is 45.3 Å². The fourth-order valence-corrected chi connectivity index (χ4v) is 2.33. The molecule has 0 amide bonds. The Balaban J connectivity index is 2.45. The van der Waals surface area contributed by atoms with Crippen LogP contribution in [-0.2, 0) is 13.0 Å². The van der Waals surface area contributed by atoms with Gasteiger partial charge in [0, 0.05) is 0 Å². The van der Waals surface area contributed by atoms with Gasteiger partial charge in [-0.2, -0.15) is 0 Å². The van der Waals surface area contributed by atoms with Crippen molar-refractivity contribution in [2.45, 2.75) is 26.3 Å². The molecule has 0 atom stereocenters. The molecular weight excluding hydrogens is 268 g/mol. The van der Waals surface area contributed by atoms with E-state index in [1.807, 2.05) is 7.05 Å². The van der Waals surface area contributed by atoms with E-state index in [1.54, 1.807) is 0 Å². The Hall–Kier alpha value is -0.870. The molecule has 0 aliphatic heterocycles. The summed E-state index contributed by atoms with van der Waals surface area (Å²) in [7, 11) is 1.88. The zero-order valence-electron chi connectivity index (χ0n) is 9.51. The molecule has 0 saturated carbocycles. The molecule has 1 aromatic carbocycles. The first-order valence-electron chi connectivity index (χ1n) is 5.47. The number of benzene rings is 1. The molecule has 86 valence electrons. The lowest BCUT2D eigenvalue weighted by molar-refractivity contribution is 0.510. The largest absolute Gasteiger partial charge is 0.438 e. The Labute approximate surface area is 103 Å². The fraction of sp³-hybridized carbons (Fsp3) is 0.417. The number of fused-ring (bicyclic) bond motifs is 1. The van der Waals surface area contributed by atoms with Crippen LogP contribution in [0.4, 0.5) is 0 Å². The van der Waals surface area contributed by atoms with Gasteiger partial charge in [-0.05, 0) is 47.1 Å². The van der Waals surface area contributed by atoms with Gasteiger partial charge in [0.2, 0.25) is 5.89 Å². The molecule has 3 nitrogen and oxygen atoms in total. The van der Waals surface area contributed by atoms with E-state index in [9.17, 15) is 0 Å². The van der Waals surface area contributed by atoms with Crippen molar-refractivity contribution in [2.24, 2.45) is 0 Å². The molecule has 2 rings (SSSR count). The van der Waals surface area contributed by atoms with Gasteiger partial charge >= 0.3 is 0 Å². The van der Waals surface area contributed by atoms with Crippen molar-refractivity contribution in [3.63, 3.8) is 0 Å². The Morgan fingerprint density at radius 1 is 1.44 bits per heavy atom. The summed E-state index contributed by atoms with van der Waals surface area (Å²) in [4.78, 5) is 4.45. The molecule has 0 aliphatic carbocycles. The third-order valence-electron chi connectivity index (χ3n) is 2.42. The zero-order valence-corrected chi connectivity index (χ0v) is 11.1. The highest BCUT2D eigenvalue weighted by molar-refractivity contribution is 9.10. The topological polar surface area (TPSA) is 38.1 Å². The summed E-state index contributed by atoms with van der Waals surface area (Å²) in [6, 6.07) is 4.21. The Morgan fingerprint density at radius 2 is 2.25 bits per heavy atom. The second-order valence-corrected chi connectivity index (χ2v) is 4.67. The van der Waals surface area contributed by atoms with E-state index in [4.69, 9.17) is 4.42 Å². The lowest BCUT2D eigenvalue weighted by Gasteiger charge is -1.99. The summed E-state index contributed by atoms with van der Waals surface area (Å²) >= 11 is 3.53. The SMILES string of the molecule is CCCc1cc(Br)c2oc(CNC)nc2c1. The molecule has 0 saturated heterocycles. The summed E-state index contributed by atoms with van der Waals surface area (Å²) in [5.41, 5.74) is 3.07. The fourth-order valence-electron chi connectivity index (χ4n) is 1.75. The van der Waals surface area contributed by atoms with E-state index in [0.29, 0.717) is 6.54 Å². The molecule has 0 unspecified atom stereocenters. The highest BCUT2D eigenvalue weighted by atomic mass is 79.9. The third kappa shape index (κ3) is 2.28. The molecule has 1 heterocycles. The summed E-state index contributed by atoms with van der Waals surface area (Å²) < 4.78 is 6.64. The van der Waals surface area contributed by atoms with E-state index in [-0.39, 0.29) is 0 Å². The van der Waals surface area contributed by atoms with E-state index < -0.39 is 0 Å². The van der Waals surface area contributed by atoms with Crippen molar-refractivity contribution in [3.05, 3.63) is 28.1 Å². The minimum atomic E-state index is 0.657. The number of aryl methyl sites for hydroxylation is 1. The number of aromatic nitrogens is 1. The molecule has 1 aromatic heterocycles. The lowest BCUT2D eigenvalue weighted by Crippen LogP contribution is -2.04. The molecule has 0 fully saturated rings. The van der Waals surface area contributed by atoms with Crippen LogP contribution in [-0.4, -0.2) is 12.0 Å². The van der Waals surface area contributed by atoms with Gasteiger partial charge in [-0.1, -0.05) is 13.3 Å². The van der Waals surface area contributed by atoms with Crippen molar-refractivity contribution < 1.29 is 4.42 Å². The van der Waals surface area contributed by atoms with Crippen LogP contribution in [0, 0.1) is 0 Å². The first kappa shape index (κ1) is 11.6. The monoisotopic (exact) mass is 282 g/mol. The van der Waals surface area contributed by atoms with Crippen LogP contribution in [0.1, 0.15) is 24.8 Å². The van der Waals surface area contributed by atoms with Crippen molar-refractivity contribution in [1.82, 2.24) is 10.3 Å². The Morgan fingerprint density at radius 3 is 2.94 bits per heavy atom. The van der Waals surface area contributed by atoms with E-state index in [1.165, 1.54) is 5.56 Å². The molecule has 1 N–H and O–H groups in total. The Kier molecular flexibility index (Phi) is 3.61. The van der Waals surface area contributed by atoms with Gasteiger partial charge in [0.05, 0.1) is 11.0 Å². The predicted molar refractivity (Wildman–Crippen MR) is 68.5 cm³/mol. The minimum Gasteiger partial charge on any atom is -0.438 e. The van der Waals surface area contributed by atoms with Crippen LogP contribution in [0.5, 0.6) is 0 Å². The molecule has 16 heavy (non-hydrogen) atoms. The maximum atomic E-state index is 5.65. The normalized spacial score (nSPS) is 11.2. The van der Waals surface area contributed by atoms with Crippen LogP contribution < -0.4 is 5.32 Å². The maximum Gasteiger partial charge on any atom is 0.209 e. The third-order valence-corrected chi connectivity index (χ3v) is 3.00. The first-order valence-corrected chi connectivity index (χ1v) is 6.26. The molecule has 0 spiro atoms. The second-order valence-electron chi connectivity index (χ2n) is 3.81. The van der Waals surface area contributed by atoms with Gasteiger partial charge in [-0.15, -0.1) is 0 Å². The van der Waals surface area contributed by atoms with Crippen LogP contribution in [0.25, 0.3) is 11.1 Å². The summed E-state index contributed by atoms with van der Waals surface area (Å²) in [5.74, 6) is 0.729. The average molecular weight is 283 g/mol. The Bertz CT molecular complexity index is 493. The number of halogens is 1. The maximum absolute atomic E-state index is 5.65. The van der Waals surface area contributed by atoms with Crippen LogP contribution in [0.3, 0.4) is 0 Å². The second kappa shape index (κ2) is 4.97. The highest BCUT2D eigenvalue weighted by Gasteiger charge is 2.09. The van der Waals surface area contributed by atoms with Crippen LogP contribution in [0.15, 0.2) is 21.0 Å². The predicted octanol–water partition coefficient (Wildman–Crippen LogP) is 3.26. The smallest absolute Gasteiger partial charge is 0.209 e. The van der Waals surface area contributed by atoms with Crippen LogP contribution >= 0.6 is 15.9 Å². The van der Waals surface area contributed by atoms with Crippen LogP contribution in [0.2, 0.25) is 0 Å². The highest BCUT2D eigenvalue weighted by Crippen LogP contribution is 2.27. The van der Waals surface area contributed by atoms with Gasteiger partial charge in [-0.3, -0.25) is 0 Å². The van der Waals surface area contributed by atoms with Crippen molar-refractivity contribution in [1.29, 1.82) is 0 Å². The molecule has 4 heteroatoms. The standard InChI is InChI=1S/C12H15BrN2O/c1-3-4-8-5-9(13)12-10(6-8)15-11(16-12)7-14-2/h5-6,14H,3-4,7H2,1-2H3. The van der Waals surface area contributed by atoms with Crippen molar-refractivity contribution in [3.8, 4) is 0 Å². The van der Waals surface area contributed by atoms with E-state index in [0.717, 1.165) is 34.3 Å². The number of hydrogen-bond donors (Lipinski definition) is 1. The summed E-state index contributed by atoms with van der Waals surface area (Å²) in [6.07, 6.45) is 2.21. The molecule has 0 bridgehead atoms. The number of oxazole rings is 1. The summed E-state index contributed by atoms with van der Waals surface area (Å²) in [5, 5.41) is 3.03. The zero-order chi connectivity index (χ0) is 11.5.